The number of likely N-dealkylation sites (tertiary alicyclic amines) is 1. The summed E-state index contributed by atoms with van der Waals surface area (Å²) in [4.78, 5) is 12.9. The number of methoxy groups -OCH3 is 3. The van der Waals surface area contributed by atoms with Crippen molar-refractivity contribution in [3.05, 3.63) is 23.0 Å². The van der Waals surface area contributed by atoms with Crippen LogP contribution in [0.2, 0.25) is 0 Å². The molecule has 9 nitrogen and oxygen atoms in total. The first-order valence-corrected chi connectivity index (χ1v) is 8.77. The lowest BCUT2D eigenvalue weighted by molar-refractivity contribution is -0.928. The Balaban J connectivity index is 1.87. The Morgan fingerprint density at radius 1 is 1.33 bits per heavy atom. The van der Waals surface area contributed by atoms with Crippen molar-refractivity contribution in [1.82, 2.24) is 9.78 Å². The van der Waals surface area contributed by atoms with E-state index in [0.717, 1.165) is 4.90 Å². The molecule has 1 aliphatic rings. The molecule has 1 fully saturated rings. The molecule has 1 aromatic carbocycles. The molecule has 2 heterocycles. The van der Waals surface area contributed by atoms with Gasteiger partial charge in [-0.3, -0.25) is 0 Å². The van der Waals surface area contributed by atoms with Gasteiger partial charge in [-0.1, -0.05) is 0 Å². The quantitative estimate of drug-likeness (QED) is 0.522. The van der Waals surface area contributed by atoms with Crippen molar-refractivity contribution in [2.75, 3.05) is 27.9 Å². The van der Waals surface area contributed by atoms with Gasteiger partial charge in [-0.2, -0.15) is 4.68 Å². The van der Waals surface area contributed by atoms with E-state index >= 15 is 0 Å². The first-order chi connectivity index (χ1) is 12.9. The summed E-state index contributed by atoms with van der Waals surface area (Å²) in [5.41, 5.74) is 0.650. The van der Waals surface area contributed by atoms with Crippen molar-refractivity contribution in [2.24, 2.45) is 0 Å². The first-order valence-electron chi connectivity index (χ1n) is 8.37. The number of aliphatic hydroxyl groups is 1. The van der Waals surface area contributed by atoms with Crippen LogP contribution >= 0.6 is 12.2 Å². The Morgan fingerprint density at radius 2 is 2.00 bits per heavy atom. The van der Waals surface area contributed by atoms with Crippen LogP contribution in [0, 0.1) is 4.84 Å². The van der Waals surface area contributed by atoms with Gasteiger partial charge in [0.15, 0.2) is 12.7 Å². The van der Waals surface area contributed by atoms with Crippen LogP contribution in [0.15, 0.2) is 22.6 Å². The fraction of sp³-hybridized carbons (Fsp3) is 0.471. The van der Waals surface area contributed by atoms with Gasteiger partial charge >= 0.3 is 5.97 Å². The second kappa shape index (κ2) is 8.07. The maximum atomic E-state index is 12.0. The van der Waals surface area contributed by atoms with Gasteiger partial charge in [0.05, 0.1) is 21.3 Å². The smallest absolute Gasteiger partial charge is 0.364 e. The fourth-order valence-corrected chi connectivity index (χ4v) is 3.38. The van der Waals surface area contributed by atoms with Crippen molar-refractivity contribution in [3.8, 4) is 23.0 Å². The van der Waals surface area contributed by atoms with Gasteiger partial charge < -0.3 is 28.6 Å². The molecule has 3 atom stereocenters. The Morgan fingerprint density at radius 3 is 2.59 bits per heavy atom. The van der Waals surface area contributed by atoms with Gasteiger partial charge in [-0.25, -0.2) is 4.79 Å². The molecule has 2 aromatic rings. The summed E-state index contributed by atoms with van der Waals surface area (Å²) in [5, 5.41) is 14.3. The Hall–Kier alpha value is -2.43. The average molecular weight is 396 g/mol. The molecular formula is C17H22N3O6S+. The van der Waals surface area contributed by atoms with Gasteiger partial charge in [-0.15, -0.1) is 5.10 Å². The van der Waals surface area contributed by atoms with Crippen LogP contribution in [-0.2, 0) is 16.2 Å². The molecule has 3 rings (SSSR count). The monoisotopic (exact) mass is 396 g/mol. The highest BCUT2D eigenvalue weighted by molar-refractivity contribution is 7.71. The van der Waals surface area contributed by atoms with E-state index in [9.17, 15) is 9.90 Å². The van der Waals surface area contributed by atoms with Gasteiger partial charge in [0.2, 0.25) is 5.89 Å². The molecule has 0 saturated carbocycles. The van der Waals surface area contributed by atoms with Crippen molar-refractivity contribution < 1.29 is 33.4 Å². The van der Waals surface area contributed by atoms with Crippen LogP contribution in [0.1, 0.15) is 6.42 Å². The van der Waals surface area contributed by atoms with Crippen LogP contribution in [0.3, 0.4) is 0 Å². The van der Waals surface area contributed by atoms with Crippen molar-refractivity contribution in [2.45, 2.75) is 25.2 Å². The normalized spacial score (nSPS) is 21.9. The van der Waals surface area contributed by atoms with Gasteiger partial charge in [0, 0.05) is 18.1 Å². The molecule has 27 heavy (non-hydrogen) atoms. The largest absolute Gasteiger partial charge is 0.497 e. The third-order valence-corrected chi connectivity index (χ3v) is 4.84. The Labute approximate surface area is 161 Å². The number of quaternary nitrogens is 1. The average Bonchev–Trinajstić information content (AvgIpc) is 3.23. The molecule has 1 unspecified atom stereocenters. The molecule has 2 N–H and O–H groups in total. The van der Waals surface area contributed by atoms with Crippen molar-refractivity contribution >= 4 is 18.2 Å². The summed E-state index contributed by atoms with van der Waals surface area (Å²) in [7, 11) is 4.45. The van der Waals surface area contributed by atoms with Gasteiger partial charge in [-0.05, 0) is 24.4 Å². The second-order valence-corrected chi connectivity index (χ2v) is 6.61. The summed E-state index contributed by atoms with van der Waals surface area (Å²) in [6.45, 7) is 0.678. The predicted octanol–water partition coefficient (Wildman–Crippen LogP) is 0.0384. The van der Waals surface area contributed by atoms with Crippen LogP contribution in [0.4, 0.5) is 0 Å². The summed E-state index contributed by atoms with van der Waals surface area (Å²) < 4.78 is 22.5. The number of ether oxygens (including phenoxy) is 3. The van der Waals surface area contributed by atoms with E-state index in [-0.39, 0.29) is 17.5 Å². The highest BCUT2D eigenvalue weighted by atomic mass is 32.1. The zero-order chi connectivity index (χ0) is 19.6. The summed E-state index contributed by atoms with van der Waals surface area (Å²) in [6, 6.07) is 4.80. The minimum atomic E-state index is -0.577. The fourth-order valence-electron chi connectivity index (χ4n) is 3.19. The highest BCUT2D eigenvalue weighted by Crippen LogP contribution is 2.28. The minimum Gasteiger partial charge on any atom is -0.497 e. The number of rotatable bonds is 6. The topological polar surface area (TPSA) is 100 Å². The molecule has 1 aliphatic heterocycles. The molecule has 1 saturated heterocycles. The maximum absolute atomic E-state index is 12.0. The van der Waals surface area contributed by atoms with Gasteiger partial charge in [0.1, 0.15) is 24.1 Å². The highest BCUT2D eigenvalue weighted by Gasteiger charge is 2.41. The third kappa shape index (κ3) is 4.12. The molecule has 1 aromatic heterocycles. The van der Waals surface area contributed by atoms with E-state index < -0.39 is 12.1 Å². The molecule has 0 radical (unpaired) electrons. The number of benzene rings is 1. The lowest BCUT2D eigenvalue weighted by Gasteiger charge is -2.18. The number of esters is 1. The molecule has 10 heteroatoms. The summed E-state index contributed by atoms with van der Waals surface area (Å²) >= 11 is 5.27. The van der Waals surface area contributed by atoms with E-state index in [1.165, 1.54) is 11.8 Å². The predicted molar refractivity (Wildman–Crippen MR) is 96.1 cm³/mol. The van der Waals surface area contributed by atoms with E-state index in [1.54, 1.807) is 32.4 Å². The number of nitrogens with one attached hydrogen (secondary N) is 1. The zero-order valence-electron chi connectivity index (χ0n) is 15.3. The Kier molecular flexibility index (Phi) is 5.78. The summed E-state index contributed by atoms with van der Waals surface area (Å²) in [6.07, 6.45) is -0.236. The standard InChI is InChI=1S/C17H21N3O6S/c1-23-12-4-10(5-13(7-12)24-2)15-18-20(17(27)26-15)9-19-8-11(21)6-14(19)16(22)25-3/h4-5,7,11,14,21H,6,8-9H2,1-3H3/p+1/t11-,14+/m1/s1. The number of hydrogen-bond acceptors (Lipinski definition) is 8. The number of nitrogens with zero attached hydrogens (tertiary/aromatic N) is 2. The lowest BCUT2D eigenvalue weighted by atomic mass is 10.2. The van der Waals surface area contributed by atoms with E-state index in [2.05, 4.69) is 5.10 Å². The number of carbonyl (C=O) groups excluding carboxylic acids is 1. The summed E-state index contributed by atoms with van der Waals surface area (Å²) in [5.74, 6) is 1.14. The second-order valence-electron chi connectivity index (χ2n) is 6.26. The van der Waals surface area contributed by atoms with Crippen LogP contribution in [-0.4, -0.2) is 60.9 Å². The minimum absolute atomic E-state index is 0.171. The molecular weight excluding hydrogens is 374 g/mol. The van der Waals surface area contributed by atoms with Gasteiger partial charge in [0.25, 0.3) is 4.84 Å². The third-order valence-electron chi connectivity index (χ3n) is 4.54. The van der Waals surface area contributed by atoms with Crippen LogP contribution < -0.4 is 14.4 Å². The van der Waals surface area contributed by atoms with Crippen LogP contribution in [0.25, 0.3) is 11.5 Å². The number of hydrogen-bond donors (Lipinski definition) is 2. The maximum Gasteiger partial charge on any atom is 0.364 e. The molecule has 146 valence electrons. The van der Waals surface area contributed by atoms with Crippen molar-refractivity contribution in [3.63, 3.8) is 0 Å². The number of aromatic nitrogens is 2. The van der Waals surface area contributed by atoms with Crippen molar-refractivity contribution in [1.29, 1.82) is 0 Å². The number of carbonyl (C=O) groups is 1. The van der Waals surface area contributed by atoms with E-state index in [4.69, 9.17) is 30.8 Å². The van der Waals surface area contributed by atoms with E-state index in [1.807, 2.05) is 0 Å². The number of aliphatic hydroxyl groups excluding tert-OH is 1. The molecule has 0 bridgehead atoms. The zero-order valence-corrected chi connectivity index (χ0v) is 16.1. The van der Waals surface area contributed by atoms with E-state index in [0.29, 0.717) is 35.9 Å². The lowest BCUT2D eigenvalue weighted by Crippen LogP contribution is -3.14. The first kappa shape index (κ1) is 19.3. The SMILES string of the molecule is COC(=O)[C@@H]1C[C@@H](O)C[NH+]1Cn1nc(-c2cc(OC)cc(OC)c2)oc1=S. The Bertz CT molecular complexity index is 858. The molecule has 0 amide bonds. The van der Waals surface area contributed by atoms with Crippen LogP contribution in [0.5, 0.6) is 11.5 Å². The molecule has 0 aliphatic carbocycles. The molecule has 0 spiro atoms.